The van der Waals surface area contributed by atoms with E-state index in [0.717, 1.165) is 22.2 Å². The number of thioether (sulfide) groups is 1. The standard InChI is InChI=1S/C14H14ClNOS/c15-11-1-7-14(8-2-11)18-10-9-17-13-5-3-12(16)4-6-13/h1-8H,9-10,16H2. The van der Waals surface area contributed by atoms with Crippen LogP contribution < -0.4 is 10.5 Å². The van der Waals surface area contributed by atoms with Crippen molar-refractivity contribution in [3.05, 3.63) is 53.6 Å². The Morgan fingerprint density at radius 1 is 1.00 bits per heavy atom. The van der Waals surface area contributed by atoms with Gasteiger partial charge in [-0.3, -0.25) is 0 Å². The van der Waals surface area contributed by atoms with E-state index in [1.165, 1.54) is 4.90 Å². The van der Waals surface area contributed by atoms with Gasteiger partial charge >= 0.3 is 0 Å². The summed E-state index contributed by atoms with van der Waals surface area (Å²) in [7, 11) is 0. The van der Waals surface area contributed by atoms with Gasteiger partial charge in [0, 0.05) is 21.4 Å². The van der Waals surface area contributed by atoms with Crippen molar-refractivity contribution in [3.8, 4) is 5.75 Å². The van der Waals surface area contributed by atoms with E-state index < -0.39 is 0 Å². The highest BCUT2D eigenvalue weighted by Crippen LogP contribution is 2.20. The number of hydrogen-bond acceptors (Lipinski definition) is 3. The summed E-state index contributed by atoms with van der Waals surface area (Å²) in [6.45, 7) is 0.664. The maximum absolute atomic E-state index is 5.82. The first kappa shape index (κ1) is 13.1. The number of benzene rings is 2. The summed E-state index contributed by atoms with van der Waals surface area (Å²) >= 11 is 7.56. The second-order valence-corrected chi connectivity index (χ2v) is 5.32. The molecule has 0 fully saturated rings. The molecule has 0 amide bonds. The number of nitrogen functional groups attached to an aromatic ring is 1. The van der Waals surface area contributed by atoms with E-state index in [0.29, 0.717) is 6.61 Å². The Morgan fingerprint density at radius 3 is 2.33 bits per heavy atom. The first-order valence-electron chi connectivity index (χ1n) is 5.61. The van der Waals surface area contributed by atoms with Crippen molar-refractivity contribution in [2.75, 3.05) is 18.1 Å². The fourth-order valence-electron chi connectivity index (χ4n) is 1.41. The van der Waals surface area contributed by atoms with Gasteiger partial charge in [-0.05, 0) is 48.5 Å². The fraction of sp³-hybridized carbons (Fsp3) is 0.143. The molecule has 0 bridgehead atoms. The van der Waals surface area contributed by atoms with Crippen LogP contribution in [0.5, 0.6) is 5.75 Å². The van der Waals surface area contributed by atoms with Gasteiger partial charge in [0.15, 0.2) is 0 Å². The van der Waals surface area contributed by atoms with Crippen LogP contribution in [0.25, 0.3) is 0 Å². The zero-order valence-corrected chi connectivity index (χ0v) is 11.4. The molecule has 2 rings (SSSR count). The summed E-state index contributed by atoms with van der Waals surface area (Å²) in [6, 6.07) is 15.2. The maximum Gasteiger partial charge on any atom is 0.119 e. The van der Waals surface area contributed by atoms with Crippen LogP contribution in [0, 0.1) is 0 Å². The molecule has 0 spiro atoms. The topological polar surface area (TPSA) is 35.2 Å². The number of rotatable bonds is 5. The predicted molar refractivity (Wildman–Crippen MR) is 78.5 cm³/mol. The van der Waals surface area contributed by atoms with Crippen LogP contribution in [0.2, 0.25) is 5.02 Å². The molecule has 0 aliphatic carbocycles. The Bertz CT molecular complexity index is 437. The lowest BCUT2D eigenvalue weighted by atomic mass is 10.3. The van der Waals surface area contributed by atoms with Gasteiger partial charge in [-0.2, -0.15) is 0 Å². The van der Waals surface area contributed by atoms with E-state index in [1.54, 1.807) is 11.8 Å². The summed E-state index contributed by atoms with van der Waals surface area (Å²) < 4.78 is 5.60. The molecule has 18 heavy (non-hydrogen) atoms. The molecule has 2 aromatic rings. The highest BCUT2D eigenvalue weighted by Gasteiger charge is 1.96. The molecule has 4 heteroatoms. The molecule has 0 saturated carbocycles. The van der Waals surface area contributed by atoms with Crippen molar-refractivity contribution in [2.24, 2.45) is 0 Å². The average molecular weight is 280 g/mol. The van der Waals surface area contributed by atoms with Gasteiger partial charge in [-0.1, -0.05) is 11.6 Å². The smallest absolute Gasteiger partial charge is 0.119 e. The molecule has 0 aliphatic rings. The fourth-order valence-corrected chi connectivity index (χ4v) is 2.27. The van der Waals surface area contributed by atoms with Gasteiger partial charge in [0.2, 0.25) is 0 Å². The Balaban J connectivity index is 1.73. The summed E-state index contributed by atoms with van der Waals surface area (Å²) in [5, 5.41) is 0.762. The SMILES string of the molecule is Nc1ccc(OCCSc2ccc(Cl)cc2)cc1. The van der Waals surface area contributed by atoms with E-state index in [9.17, 15) is 0 Å². The normalized spacial score (nSPS) is 10.3. The third kappa shape index (κ3) is 4.17. The second kappa shape index (κ2) is 6.57. The molecular formula is C14H14ClNOS. The van der Waals surface area contributed by atoms with Crippen molar-refractivity contribution >= 4 is 29.1 Å². The van der Waals surface area contributed by atoms with E-state index in [1.807, 2.05) is 48.5 Å². The monoisotopic (exact) mass is 279 g/mol. The van der Waals surface area contributed by atoms with Crippen LogP contribution in [0.3, 0.4) is 0 Å². The molecule has 2 nitrogen and oxygen atoms in total. The van der Waals surface area contributed by atoms with Crippen LogP contribution in [0.1, 0.15) is 0 Å². The van der Waals surface area contributed by atoms with Gasteiger partial charge < -0.3 is 10.5 Å². The first-order chi connectivity index (χ1) is 8.74. The number of hydrogen-bond donors (Lipinski definition) is 1. The third-order valence-electron chi connectivity index (χ3n) is 2.31. The van der Waals surface area contributed by atoms with Crippen molar-refractivity contribution in [3.63, 3.8) is 0 Å². The number of anilines is 1. The Kier molecular flexibility index (Phi) is 4.79. The molecule has 0 aromatic heterocycles. The summed E-state index contributed by atoms with van der Waals surface area (Å²) in [6.07, 6.45) is 0. The first-order valence-corrected chi connectivity index (χ1v) is 6.97. The molecule has 0 atom stereocenters. The minimum atomic E-state index is 0.664. The number of halogens is 1. The predicted octanol–water partition coefficient (Wildman–Crippen LogP) is 4.09. The lowest BCUT2D eigenvalue weighted by molar-refractivity contribution is 0.344. The van der Waals surface area contributed by atoms with Gasteiger partial charge in [0.25, 0.3) is 0 Å². The van der Waals surface area contributed by atoms with Crippen molar-refractivity contribution in [1.82, 2.24) is 0 Å². The number of nitrogens with two attached hydrogens (primary N) is 1. The van der Waals surface area contributed by atoms with Gasteiger partial charge in [-0.15, -0.1) is 11.8 Å². The van der Waals surface area contributed by atoms with Crippen LogP contribution >= 0.6 is 23.4 Å². The van der Waals surface area contributed by atoms with E-state index >= 15 is 0 Å². The molecule has 0 unspecified atom stereocenters. The molecule has 0 radical (unpaired) electrons. The zero-order chi connectivity index (χ0) is 12.8. The molecular weight excluding hydrogens is 266 g/mol. The van der Waals surface area contributed by atoms with Crippen LogP contribution in [-0.4, -0.2) is 12.4 Å². The summed E-state index contributed by atoms with van der Waals surface area (Å²) in [5.41, 5.74) is 6.35. The second-order valence-electron chi connectivity index (χ2n) is 3.72. The average Bonchev–Trinajstić information content (AvgIpc) is 2.39. The van der Waals surface area contributed by atoms with Crippen molar-refractivity contribution in [2.45, 2.75) is 4.90 Å². The Hall–Kier alpha value is -1.32. The van der Waals surface area contributed by atoms with Gasteiger partial charge in [0.1, 0.15) is 5.75 Å². The number of ether oxygens (including phenoxy) is 1. The molecule has 0 aliphatic heterocycles. The van der Waals surface area contributed by atoms with Crippen LogP contribution in [0.15, 0.2) is 53.4 Å². The van der Waals surface area contributed by atoms with Gasteiger partial charge in [-0.25, -0.2) is 0 Å². The highest BCUT2D eigenvalue weighted by molar-refractivity contribution is 7.99. The lowest BCUT2D eigenvalue weighted by Gasteiger charge is -2.06. The lowest BCUT2D eigenvalue weighted by Crippen LogP contribution is -2.00. The molecule has 0 saturated heterocycles. The zero-order valence-electron chi connectivity index (χ0n) is 9.80. The van der Waals surface area contributed by atoms with Crippen LogP contribution in [0.4, 0.5) is 5.69 Å². The summed E-state index contributed by atoms with van der Waals surface area (Å²) in [5.74, 6) is 1.74. The minimum Gasteiger partial charge on any atom is -0.493 e. The summed E-state index contributed by atoms with van der Waals surface area (Å²) in [4.78, 5) is 1.19. The van der Waals surface area contributed by atoms with Crippen molar-refractivity contribution in [1.29, 1.82) is 0 Å². The highest BCUT2D eigenvalue weighted by atomic mass is 35.5. The third-order valence-corrected chi connectivity index (χ3v) is 3.54. The molecule has 94 valence electrons. The van der Waals surface area contributed by atoms with E-state index in [4.69, 9.17) is 22.1 Å². The van der Waals surface area contributed by atoms with Gasteiger partial charge in [0.05, 0.1) is 6.61 Å². The van der Waals surface area contributed by atoms with E-state index in [2.05, 4.69) is 0 Å². The Morgan fingerprint density at radius 2 is 1.67 bits per heavy atom. The molecule has 2 aromatic carbocycles. The maximum atomic E-state index is 5.82. The van der Waals surface area contributed by atoms with Crippen LogP contribution in [-0.2, 0) is 0 Å². The largest absolute Gasteiger partial charge is 0.493 e. The molecule has 2 N–H and O–H groups in total. The quantitative estimate of drug-likeness (QED) is 0.509. The Labute approximate surface area is 116 Å². The minimum absolute atomic E-state index is 0.664. The van der Waals surface area contributed by atoms with E-state index in [-0.39, 0.29) is 0 Å². The molecule has 0 heterocycles. The van der Waals surface area contributed by atoms with Crippen molar-refractivity contribution < 1.29 is 4.74 Å².